The number of rotatable bonds is 11. The zero-order valence-electron chi connectivity index (χ0n) is 26.0. The molecule has 3 aromatic heterocycles. The zero-order chi connectivity index (χ0) is 36.6. The summed E-state index contributed by atoms with van der Waals surface area (Å²) in [6, 6.07) is 1.79. The molecule has 19 nitrogen and oxygen atoms in total. The summed E-state index contributed by atoms with van der Waals surface area (Å²) >= 11 is 0. The number of aryl methyl sites for hydroxylation is 2. The molecule has 0 aliphatic rings. The molecule has 19 heteroatoms. The molecule has 0 saturated carbocycles. The van der Waals surface area contributed by atoms with Crippen LogP contribution in [-0.4, -0.2) is 80.1 Å². The topological polar surface area (TPSA) is 294 Å². The van der Waals surface area contributed by atoms with Gasteiger partial charge in [-0.15, -0.1) is 5.10 Å². The van der Waals surface area contributed by atoms with Gasteiger partial charge in [-0.3, -0.25) is 19.2 Å². The van der Waals surface area contributed by atoms with Crippen LogP contribution in [0.3, 0.4) is 0 Å². The van der Waals surface area contributed by atoms with Gasteiger partial charge >= 0.3 is 17.9 Å². The molecule has 5 rings (SSSR count). The third-order valence-corrected chi connectivity index (χ3v) is 7.77. The van der Waals surface area contributed by atoms with Gasteiger partial charge in [0.15, 0.2) is 23.0 Å². The number of carbonyl (C=O) groups excluding carboxylic acids is 2. The van der Waals surface area contributed by atoms with E-state index in [9.17, 15) is 54.3 Å². The van der Waals surface area contributed by atoms with Crippen LogP contribution in [0.2, 0.25) is 0 Å². The van der Waals surface area contributed by atoms with E-state index in [-0.39, 0.29) is 39.9 Å². The van der Waals surface area contributed by atoms with E-state index in [0.717, 1.165) is 21.6 Å². The summed E-state index contributed by atoms with van der Waals surface area (Å²) in [5.41, 5.74) is -2.91. The monoisotopic (exact) mass is 693 g/mol. The highest BCUT2D eigenvalue weighted by atomic mass is 16.5. The molecule has 7 N–H and O–H groups in total. The molecular weight excluding hydrogens is 666 g/mol. The number of aromatic hydroxyl groups is 4. The number of carboxylic acids is 2. The summed E-state index contributed by atoms with van der Waals surface area (Å²) < 4.78 is 12.9. The quantitative estimate of drug-likeness (QED) is 0.0744. The van der Waals surface area contributed by atoms with Crippen LogP contribution in [0, 0.1) is 6.92 Å². The lowest BCUT2D eigenvalue weighted by molar-refractivity contribution is -0.143. The fourth-order valence-electron chi connectivity index (χ4n) is 5.27. The summed E-state index contributed by atoms with van der Waals surface area (Å²) in [6.45, 7) is 0.330. The van der Waals surface area contributed by atoms with E-state index in [1.807, 2.05) is 0 Å². The van der Waals surface area contributed by atoms with E-state index >= 15 is 0 Å². The van der Waals surface area contributed by atoms with Crippen molar-refractivity contribution in [1.82, 2.24) is 24.9 Å². The minimum atomic E-state index is -1.47. The average molecular weight is 694 g/mol. The molecular formula is C31H27N5O14. The fourth-order valence-corrected chi connectivity index (χ4v) is 5.27. The number of carbonyl (C=O) groups is 4. The SMILES string of the molecule is Cc1c(-c2coc3cc(O)c(O)c(C(=O)OCc4cn(CC(=O)NC(CCC(=O)O)C(=O)O)nn4)c3c2=O)c(=O)n(C)c2cc(O)c(O)cc12. The molecule has 2 aromatic carbocycles. The molecule has 0 saturated heterocycles. The number of pyridine rings is 1. The van der Waals surface area contributed by atoms with Crippen LogP contribution >= 0.6 is 0 Å². The number of amides is 1. The largest absolute Gasteiger partial charge is 0.504 e. The number of nitrogens with zero attached hydrogens (tertiary/aromatic N) is 4. The Morgan fingerprint density at radius 3 is 2.40 bits per heavy atom. The van der Waals surface area contributed by atoms with Gasteiger partial charge in [-0.1, -0.05) is 5.21 Å². The van der Waals surface area contributed by atoms with Crippen LogP contribution in [-0.2, 0) is 39.3 Å². The molecule has 0 fully saturated rings. The van der Waals surface area contributed by atoms with Crippen molar-refractivity contribution in [1.29, 1.82) is 0 Å². The molecule has 0 radical (unpaired) electrons. The van der Waals surface area contributed by atoms with Gasteiger partial charge in [0, 0.05) is 31.0 Å². The van der Waals surface area contributed by atoms with Crippen molar-refractivity contribution in [3.8, 4) is 34.1 Å². The van der Waals surface area contributed by atoms with Crippen LogP contribution in [0.1, 0.15) is 34.5 Å². The highest BCUT2D eigenvalue weighted by Gasteiger charge is 2.28. The van der Waals surface area contributed by atoms with Crippen molar-refractivity contribution >= 4 is 45.7 Å². The summed E-state index contributed by atoms with van der Waals surface area (Å²) in [7, 11) is 1.37. The Kier molecular flexibility index (Phi) is 9.15. The third-order valence-electron chi connectivity index (χ3n) is 7.77. The number of nitrogens with one attached hydrogen (secondary N) is 1. The maximum Gasteiger partial charge on any atom is 0.343 e. The predicted octanol–water partition coefficient (Wildman–Crippen LogP) is 0.825. The minimum absolute atomic E-state index is 0.0342. The normalized spacial score (nSPS) is 11.8. The van der Waals surface area contributed by atoms with Gasteiger partial charge in [0.05, 0.1) is 28.2 Å². The number of benzene rings is 2. The average Bonchev–Trinajstić information content (AvgIpc) is 3.50. The van der Waals surface area contributed by atoms with Gasteiger partial charge in [-0.2, -0.15) is 0 Å². The van der Waals surface area contributed by atoms with Crippen molar-refractivity contribution in [2.45, 2.75) is 39.0 Å². The van der Waals surface area contributed by atoms with Crippen LogP contribution in [0.4, 0.5) is 0 Å². The Morgan fingerprint density at radius 2 is 1.72 bits per heavy atom. The Bertz CT molecular complexity index is 2360. The molecule has 1 atom stereocenters. The predicted molar refractivity (Wildman–Crippen MR) is 168 cm³/mol. The van der Waals surface area contributed by atoms with Gasteiger partial charge in [0.25, 0.3) is 5.56 Å². The fraction of sp³-hybridized carbons (Fsp3) is 0.226. The van der Waals surface area contributed by atoms with Crippen LogP contribution in [0.15, 0.2) is 44.7 Å². The molecule has 0 spiro atoms. The Hall–Kier alpha value is -6.92. The number of aromatic nitrogens is 4. The summed E-state index contributed by atoms with van der Waals surface area (Å²) in [5.74, 6) is -7.68. The number of hydrogen-bond donors (Lipinski definition) is 7. The Balaban J connectivity index is 1.44. The van der Waals surface area contributed by atoms with E-state index in [4.69, 9.17) is 14.3 Å². The maximum absolute atomic E-state index is 13.9. The molecule has 3 heterocycles. The molecule has 1 amide bonds. The lowest BCUT2D eigenvalue weighted by Gasteiger charge is -2.15. The molecule has 0 aliphatic heterocycles. The van der Waals surface area contributed by atoms with Gasteiger partial charge in [-0.25, -0.2) is 14.3 Å². The second kappa shape index (κ2) is 13.3. The first-order valence-electron chi connectivity index (χ1n) is 14.4. The van der Waals surface area contributed by atoms with Crippen LogP contribution in [0.25, 0.3) is 33.0 Å². The van der Waals surface area contributed by atoms with E-state index in [0.29, 0.717) is 5.39 Å². The second-order valence-corrected chi connectivity index (χ2v) is 11.1. The molecule has 260 valence electrons. The van der Waals surface area contributed by atoms with Crippen molar-refractivity contribution in [3.63, 3.8) is 0 Å². The van der Waals surface area contributed by atoms with Crippen molar-refractivity contribution < 1.29 is 59.0 Å². The van der Waals surface area contributed by atoms with Gasteiger partial charge in [-0.05, 0) is 25.0 Å². The molecule has 0 aliphatic carbocycles. The number of hydrogen-bond acceptors (Lipinski definition) is 14. The first-order chi connectivity index (χ1) is 23.6. The Morgan fingerprint density at radius 1 is 1.02 bits per heavy atom. The lowest BCUT2D eigenvalue weighted by Crippen LogP contribution is -2.42. The summed E-state index contributed by atoms with van der Waals surface area (Å²) in [5, 5.41) is 68.4. The van der Waals surface area contributed by atoms with E-state index < -0.39 is 94.4 Å². The lowest BCUT2D eigenvalue weighted by atomic mass is 9.96. The molecule has 5 aromatic rings. The number of esters is 1. The number of phenols is 4. The first kappa shape index (κ1) is 34.4. The van der Waals surface area contributed by atoms with E-state index in [1.54, 1.807) is 0 Å². The highest BCUT2D eigenvalue weighted by molar-refractivity contribution is 6.07. The van der Waals surface area contributed by atoms with Crippen molar-refractivity contribution in [2.75, 3.05) is 0 Å². The smallest absolute Gasteiger partial charge is 0.343 e. The Labute approximate surface area is 277 Å². The van der Waals surface area contributed by atoms with Gasteiger partial charge in [0.2, 0.25) is 11.3 Å². The number of aliphatic carboxylic acids is 2. The van der Waals surface area contributed by atoms with Gasteiger partial charge in [0.1, 0.15) is 42.3 Å². The van der Waals surface area contributed by atoms with Crippen molar-refractivity contribution in [3.05, 3.63) is 68.1 Å². The molecule has 50 heavy (non-hydrogen) atoms. The van der Waals surface area contributed by atoms with Crippen LogP contribution in [0.5, 0.6) is 23.0 Å². The summed E-state index contributed by atoms with van der Waals surface area (Å²) in [6.07, 6.45) is 1.25. The zero-order valence-corrected chi connectivity index (χ0v) is 26.0. The number of fused-ring (bicyclic) bond motifs is 2. The second-order valence-electron chi connectivity index (χ2n) is 11.1. The van der Waals surface area contributed by atoms with E-state index in [2.05, 4.69) is 15.6 Å². The highest BCUT2D eigenvalue weighted by Crippen LogP contribution is 2.37. The standard InChI is InChI=1S/C31H27N5O14/c1-12-14-5-18(37)19(38)6-17(14)35(2)29(45)24(12)15-11-49-21-7-20(39)28(44)26(25(21)27(15)43)31(48)50-10-13-8-36(34-33-13)9-22(40)32-16(30(46)47)3-4-23(41)42/h5-8,11,16,37-39,44H,3-4,9-10H2,1-2H3,(H,32,40)(H,41,42)(H,46,47). The maximum atomic E-state index is 13.9. The van der Waals surface area contributed by atoms with Gasteiger partial charge < -0.3 is 49.7 Å². The minimum Gasteiger partial charge on any atom is -0.504 e. The van der Waals surface area contributed by atoms with Crippen LogP contribution < -0.4 is 16.3 Å². The third kappa shape index (κ3) is 6.46. The van der Waals surface area contributed by atoms with E-state index in [1.165, 1.54) is 32.3 Å². The number of phenolic OH excluding ortho intramolecular Hbond substituents is 4. The summed E-state index contributed by atoms with van der Waals surface area (Å²) in [4.78, 5) is 75.1. The molecule has 1 unspecified atom stereocenters. The first-order valence-corrected chi connectivity index (χ1v) is 14.4. The number of carboxylic acid groups (broad SMARTS) is 2. The number of ether oxygens (including phenoxy) is 1. The molecule has 0 bridgehead atoms. The van der Waals surface area contributed by atoms with Crippen molar-refractivity contribution in [2.24, 2.45) is 7.05 Å².